The molecule has 1 heterocycles. The van der Waals surface area contributed by atoms with E-state index in [0.29, 0.717) is 5.16 Å². The molecular weight excluding hydrogens is 424 g/mol. The number of hydrogen-bond donors (Lipinski definition) is 1. The zero-order chi connectivity index (χ0) is 21.6. The molecule has 7 heteroatoms. The summed E-state index contributed by atoms with van der Waals surface area (Å²) in [7, 11) is 0. The second-order valence-corrected chi connectivity index (χ2v) is 8.96. The van der Waals surface area contributed by atoms with Crippen LogP contribution in [-0.4, -0.2) is 26.4 Å². The van der Waals surface area contributed by atoms with Crippen molar-refractivity contribution in [1.82, 2.24) is 14.8 Å². The van der Waals surface area contributed by atoms with Crippen molar-refractivity contribution in [1.29, 1.82) is 0 Å². The number of carbonyl (C=O) groups is 1. The minimum atomic E-state index is -0.0805. The van der Waals surface area contributed by atoms with E-state index >= 15 is 0 Å². The molecule has 156 valence electrons. The standard InChI is InChI=1S/C24H22N4OS2/c1-17-10-6-8-14-21(17)28-18(2)26-27-24(28)30-16-23(29)25-20-13-7-9-15-22(20)31-19-11-4-3-5-12-19/h3-15H,16H2,1-2H3,(H,25,29). The molecule has 4 rings (SSSR count). The highest BCUT2D eigenvalue weighted by atomic mass is 32.2. The van der Waals surface area contributed by atoms with Crippen LogP contribution in [0.3, 0.4) is 0 Å². The smallest absolute Gasteiger partial charge is 0.234 e. The quantitative estimate of drug-likeness (QED) is 0.365. The number of hydrogen-bond acceptors (Lipinski definition) is 5. The monoisotopic (exact) mass is 446 g/mol. The summed E-state index contributed by atoms with van der Waals surface area (Å²) < 4.78 is 1.99. The van der Waals surface area contributed by atoms with Crippen LogP contribution in [0.1, 0.15) is 11.4 Å². The second-order valence-electron chi connectivity index (χ2n) is 6.90. The number of nitrogens with zero attached hydrogens (tertiary/aromatic N) is 3. The van der Waals surface area contributed by atoms with Crippen molar-refractivity contribution in [2.45, 2.75) is 28.8 Å². The van der Waals surface area contributed by atoms with E-state index in [1.54, 1.807) is 11.8 Å². The van der Waals surface area contributed by atoms with E-state index in [9.17, 15) is 4.79 Å². The summed E-state index contributed by atoms with van der Waals surface area (Å²) in [5.74, 6) is 0.957. The first-order valence-corrected chi connectivity index (χ1v) is 11.6. The van der Waals surface area contributed by atoms with Gasteiger partial charge in [0.1, 0.15) is 5.82 Å². The van der Waals surface area contributed by atoms with Crippen molar-refractivity contribution >= 4 is 35.1 Å². The average molecular weight is 447 g/mol. The summed E-state index contributed by atoms with van der Waals surface area (Å²) in [6.45, 7) is 3.97. The molecule has 1 amide bonds. The number of rotatable bonds is 7. The summed E-state index contributed by atoms with van der Waals surface area (Å²) in [5, 5.41) is 12.2. The lowest BCUT2D eigenvalue weighted by atomic mass is 10.2. The SMILES string of the molecule is Cc1ccccc1-n1c(C)nnc1SCC(=O)Nc1ccccc1Sc1ccccc1. The summed E-state index contributed by atoms with van der Waals surface area (Å²) in [5.41, 5.74) is 2.96. The zero-order valence-corrected chi connectivity index (χ0v) is 18.9. The predicted molar refractivity (Wildman–Crippen MR) is 127 cm³/mol. The Bertz CT molecular complexity index is 1190. The first-order valence-electron chi connectivity index (χ1n) is 9.84. The lowest BCUT2D eigenvalue weighted by molar-refractivity contribution is -0.113. The van der Waals surface area contributed by atoms with Gasteiger partial charge in [-0.15, -0.1) is 10.2 Å². The van der Waals surface area contributed by atoms with Gasteiger partial charge in [-0.05, 0) is 49.7 Å². The minimum Gasteiger partial charge on any atom is -0.324 e. The van der Waals surface area contributed by atoms with Gasteiger partial charge >= 0.3 is 0 Å². The molecule has 3 aromatic carbocycles. The fraction of sp³-hybridized carbons (Fsp3) is 0.125. The van der Waals surface area contributed by atoms with Crippen molar-refractivity contribution in [2.75, 3.05) is 11.1 Å². The number of benzene rings is 3. The molecule has 0 saturated carbocycles. The van der Waals surface area contributed by atoms with Gasteiger partial charge in [0.05, 0.1) is 17.1 Å². The van der Waals surface area contributed by atoms with Crippen molar-refractivity contribution in [2.24, 2.45) is 0 Å². The molecule has 0 spiro atoms. The van der Waals surface area contributed by atoms with Gasteiger partial charge < -0.3 is 5.32 Å². The molecule has 31 heavy (non-hydrogen) atoms. The number of thioether (sulfide) groups is 1. The van der Waals surface area contributed by atoms with E-state index < -0.39 is 0 Å². The average Bonchev–Trinajstić information content (AvgIpc) is 3.15. The molecule has 0 bridgehead atoms. The number of amides is 1. The first-order chi connectivity index (χ1) is 15.1. The Morgan fingerprint density at radius 3 is 2.42 bits per heavy atom. The Morgan fingerprint density at radius 1 is 0.903 bits per heavy atom. The minimum absolute atomic E-state index is 0.0805. The van der Waals surface area contributed by atoms with Crippen LogP contribution < -0.4 is 5.32 Å². The molecule has 4 aromatic rings. The largest absolute Gasteiger partial charge is 0.324 e. The van der Waals surface area contributed by atoms with Gasteiger partial charge in [0, 0.05) is 9.79 Å². The van der Waals surface area contributed by atoms with E-state index in [1.807, 2.05) is 72.2 Å². The van der Waals surface area contributed by atoms with E-state index in [2.05, 4.69) is 40.6 Å². The van der Waals surface area contributed by atoms with Crippen LogP contribution in [0.15, 0.2) is 93.8 Å². The third kappa shape index (κ3) is 5.18. The van der Waals surface area contributed by atoms with Crippen LogP contribution in [0.4, 0.5) is 5.69 Å². The number of para-hydroxylation sites is 2. The van der Waals surface area contributed by atoms with Crippen molar-refractivity contribution in [3.05, 3.63) is 90.3 Å². The highest BCUT2D eigenvalue weighted by Crippen LogP contribution is 2.33. The number of nitrogens with one attached hydrogen (secondary N) is 1. The van der Waals surface area contributed by atoms with E-state index in [1.165, 1.54) is 11.8 Å². The highest BCUT2D eigenvalue weighted by molar-refractivity contribution is 8.00. The fourth-order valence-electron chi connectivity index (χ4n) is 3.12. The third-order valence-electron chi connectivity index (χ3n) is 4.62. The maximum Gasteiger partial charge on any atom is 0.234 e. The molecule has 5 nitrogen and oxygen atoms in total. The molecule has 0 aliphatic rings. The van der Waals surface area contributed by atoms with Crippen LogP contribution in [0.5, 0.6) is 0 Å². The van der Waals surface area contributed by atoms with Crippen LogP contribution in [0.25, 0.3) is 5.69 Å². The number of carbonyl (C=O) groups excluding carboxylic acids is 1. The van der Waals surface area contributed by atoms with Crippen molar-refractivity contribution in [3.63, 3.8) is 0 Å². The van der Waals surface area contributed by atoms with E-state index in [-0.39, 0.29) is 11.7 Å². The zero-order valence-electron chi connectivity index (χ0n) is 17.3. The Labute approximate surface area is 190 Å². The van der Waals surface area contributed by atoms with Gasteiger partial charge in [-0.1, -0.05) is 72.1 Å². The van der Waals surface area contributed by atoms with Crippen LogP contribution >= 0.6 is 23.5 Å². The van der Waals surface area contributed by atoms with Crippen molar-refractivity contribution in [3.8, 4) is 5.69 Å². The number of aromatic nitrogens is 3. The Hall–Kier alpha value is -3.03. The highest BCUT2D eigenvalue weighted by Gasteiger charge is 2.15. The van der Waals surface area contributed by atoms with Gasteiger partial charge in [0.2, 0.25) is 5.91 Å². The molecular formula is C24H22N4OS2. The first kappa shape index (κ1) is 21.2. The third-order valence-corrected chi connectivity index (χ3v) is 6.63. The Balaban J connectivity index is 1.45. The van der Waals surface area contributed by atoms with Crippen LogP contribution in [0.2, 0.25) is 0 Å². The van der Waals surface area contributed by atoms with Gasteiger partial charge in [0.15, 0.2) is 5.16 Å². The molecule has 0 fully saturated rings. The van der Waals surface area contributed by atoms with Gasteiger partial charge in [-0.3, -0.25) is 9.36 Å². The molecule has 0 unspecified atom stereocenters. The molecule has 0 saturated heterocycles. The normalized spacial score (nSPS) is 10.8. The Kier molecular flexibility index (Phi) is 6.74. The summed E-state index contributed by atoms with van der Waals surface area (Å²) in [6, 6.07) is 26.0. The van der Waals surface area contributed by atoms with Gasteiger partial charge in [0.25, 0.3) is 0 Å². The molecule has 0 aliphatic heterocycles. The lowest BCUT2D eigenvalue weighted by Gasteiger charge is -2.12. The van der Waals surface area contributed by atoms with Gasteiger partial charge in [-0.25, -0.2) is 0 Å². The molecule has 0 radical (unpaired) electrons. The maximum absolute atomic E-state index is 12.7. The maximum atomic E-state index is 12.7. The van der Waals surface area contributed by atoms with Crippen molar-refractivity contribution < 1.29 is 4.79 Å². The summed E-state index contributed by atoms with van der Waals surface area (Å²) in [6.07, 6.45) is 0. The molecule has 0 aliphatic carbocycles. The van der Waals surface area contributed by atoms with Crippen LogP contribution in [-0.2, 0) is 4.79 Å². The Morgan fingerprint density at radius 2 is 1.61 bits per heavy atom. The lowest BCUT2D eigenvalue weighted by Crippen LogP contribution is -2.15. The van der Waals surface area contributed by atoms with Gasteiger partial charge in [-0.2, -0.15) is 0 Å². The topological polar surface area (TPSA) is 59.8 Å². The van der Waals surface area contributed by atoms with E-state index in [0.717, 1.165) is 32.6 Å². The predicted octanol–water partition coefficient (Wildman–Crippen LogP) is 5.77. The molecule has 1 aromatic heterocycles. The molecule has 0 atom stereocenters. The van der Waals surface area contributed by atoms with Crippen LogP contribution in [0, 0.1) is 13.8 Å². The number of anilines is 1. The molecule has 1 N–H and O–H groups in total. The summed E-state index contributed by atoms with van der Waals surface area (Å²) in [4.78, 5) is 14.8. The number of aryl methyl sites for hydroxylation is 2. The fourth-order valence-corrected chi connectivity index (χ4v) is 4.83. The summed E-state index contributed by atoms with van der Waals surface area (Å²) >= 11 is 3.01. The van der Waals surface area contributed by atoms with E-state index in [4.69, 9.17) is 0 Å². The second kappa shape index (κ2) is 9.85.